The van der Waals surface area contributed by atoms with E-state index in [1.807, 2.05) is 12.1 Å². The van der Waals surface area contributed by atoms with Crippen LogP contribution in [0.25, 0.3) is 5.13 Å². The first-order chi connectivity index (χ1) is 14.0. The van der Waals surface area contributed by atoms with Crippen LogP contribution >= 0.6 is 11.3 Å². The molecule has 0 atom stereocenters. The number of benzene rings is 1. The van der Waals surface area contributed by atoms with E-state index in [-0.39, 0.29) is 11.8 Å². The Morgan fingerprint density at radius 3 is 2.28 bits per heavy atom. The standard InChI is InChI=1S/C22H27N5OS/c1-4-17-7-9-19(10-8-17)23-20(28)18-11-13-26(14-12-18)21-24-25-22(29-21)27-15(2)5-6-16(27)3/h5-10,18H,4,11-14H2,1-3H3,(H,23,28). The number of hydrogen-bond acceptors (Lipinski definition) is 5. The van der Waals surface area contributed by atoms with E-state index in [9.17, 15) is 4.79 Å². The van der Waals surface area contributed by atoms with Gasteiger partial charge in [0.2, 0.25) is 16.2 Å². The topological polar surface area (TPSA) is 63.1 Å². The molecule has 0 radical (unpaired) electrons. The second-order valence-corrected chi connectivity index (χ2v) is 8.55. The van der Waals surface area contributed by atoms with Crippen molar-refractivity contribution in [3.05, 3.63) is 53.3 Å². The lowest BCUT2D eigenvalue weighted by Gasteiger charge is -2.30. The summed E-state index contributed by atoms with van der Waals surface area (Å²) in [6.45, 7) is 7.93. The first-order valence-corrected chi connectivity index (χ1v) is 11.0. The minimum Gasteiger partial charge on any atom is -0.347 e. The average Bonchev–Trinajstić information content (AvgIpc) is 3.35. The van der Waals surface area contributed by atoms with Gasteiger partial charge in [0.15, 0.2) is 0 Å². The Morgan fingerprint density at radius 1 is 1.03 bits per heavy atom. The van der Waals surface area contributed by atoms with Crippen molar-refractivity contribution < 1.29 is 4.79 Å². The number of anilines is 2. The van der Waals surface area contributed by atoms with E-state index in [1.54, 1.807) is 11.3 Å². The highest BCUT2D eigenvalue weighted by Gasteiger charge is 2.27. The lowest BCUT2D eigenvalue weighted by molar-refractivity contribution is -0.120. The van der Waals surface area contributed by atoms with Crippen LogP contribution in [0.1, 0.15) is 36.7 Å². The van der Waals surface area contributed by atoms with Crippen LogP contribution in [0, 0.1) is 19.8 Å². The van der Waals surface area contributed by atoms with E-state index in [4.69, 9.17) is 0 Å². The molecule has 29 heavy (non-hydrogen) atoms. The van der Waals surface area contributed by atoms with Gasteiger partial charge in [0.1, 0.15) is 0 Å². The second-order valence-electron chi connectivity index (χ2n) is 7.62. The molecule has 4 rings (SSSR count). The van der Waals surface area contributed by atoms with E-state index in [1.165, 1.54) is 5.56 Å². The van der Waals surface area contributed by atoms with Crippen molar-refractivity contribution in [3.63, 3.8) is 0 Å². The molecule has 7 heteroatoms. The largest absolute Gasteiger partial charge is 0.347 e. The van der Waals surface area contributed by atoms with Crippen molar-refractivity contribution in [2.75, 3.05) is 23.3 Å². The van der Waals surface area contributed by atoms with E-state index < -0.39 is 0 Å². The predicted molar refractivity (Wildman–Crippen MR) is 118 cm³/mol. The molecule has 1 amide bonds. The fraction of sp³-hybridized carbons (Fsp3) is 0.409. The third kappa shape index (κ3) is 4.19. The molecule has 3 heterocycles. The zero-order valence-electron chi connectivity index (χ0n) is 17.2. The molecule has 152 valence electrons. The molecular weight excluding hydrogens is 382 g/mol. The summed E-state index contributed by atoms with van der Waals surface area (Å²) >= 11 is 1.61. The van der Waals surface area contributed by atoms with Crippen LogP contribution in [0.4, 0.5) is 10.8 Å². The van der Waals surface area contributed by atoms with Crippen LogP contribution < -0.4 is 10.2 Å². The molecule has 1 saturated heterocycles. The minimum absolute atomic E-state index is 0.0402. The number of carbonyl (C=O) groups is 1. The SMILES string of the molecule is CCc1ccc(NC(=O)C2CCN(c3nnc(-n4c(C)ccc4C)s3)CC2)cc1. The summed E-state index contributed by atoms with van der Waals surface area (Å²) in [6.07, 6.45) is 2.66. The quantitative estimate of drug-likeness (QED) is 0.680. The number of carbonyl (C=O) groups excluding carboxylic acids is 1. The normalized spacial score (nSPS) is 14.9. The van der Waals surface area contributed by atoms with Crippen molar-refractivity contribution in [3.8, 4) is 5.13 Å². The molecule has 0 bridgehead atoms. The van der Waals surface area contributed by atoms with Crippen LogP contribution in [0.2, 0.25) is 0 Å². The van der Waals surface area contributed by atoms with Gasteiger partial charge < -0.3 is 10.2 Å². The number of nitrogens with one attached hydrogen (secondary N) is 1. The Hall–Kier alpha value is -2.67. The number of aromatic nitrogens is 3. The Morgan fingerprint density at radius 2 is 1.66 bits per heavy atom. The molecular formula is C22H27N5OS. The Bertz CT molecular complexity index is 964. The molecule has 0 saturated carbocycles. The van der Waals surface area contributed by atoms with Gasteiger partial charge in [0.25, 0.3) is 0 Å². The predicted octanol–water partition coefficient (Wildman–Crippen LogP) is 4.36. The van der Waals surface area contributed by atoms with Crippen molar-refractivity contribution in [2.45, 2.75) is 40.0 Å². The van der Waals surface area contributed by atoms with E-state index in [0.29, 0.717) is 0 Å². The number of amides is 1. The Labute approximate surface area is 175 Å². The van der Waals surface area contributed by atoms with Gasteiger partial charge in [-0.15, -0.1) is 10.2 Å². The van der Waals surface area contributed by atoms with Crippen molar-refractivity contribution in [1.82, 2.24) is 14.8 Å². The maximum atomic E-state index is 12.6. The Balaban J connectivity index is 1.35. The van der Waals surface area contributed by atoms with Crippen LogP contribution in [0.15, 0.2) is 36.4 Å². The monoisotopic (exact) mass is 409 g/mol. The summed E-state index contributed by atoms with van der Waals surface area (Å²) < 4.78 is 2.13. The number of hydrogen-bond donors (Lipinski definition) is 1. The van der Waals surface area contributed by atoms with Gasteiger partial charge in [-0.05, 0) is 62.9 Å². The first-order valence-electron chi connectivity index (χ1n) is 10.2. The number of piperidine rings is 1. The highest BCUT2D eigenvalue weighted by Crippen LogP contribution is 2.29. The van der Waals surface area contributed by atoms with Crippen molar-refractivity contribution in [2.24, 2.45) is 5.92 Å². The molecule has 0 unspecified atom stereocenters. The lowest BCUT2D eigenvalue weighted by atomic mass is 9.96. The van der Waals surface area contributed by atoms with E-state index >= 15 is 0 Å². The van der Waals surface area contributed by atoms with Gasteiger partial charge in [0.05, 0.1) is 0 Å². The molecule has 1 aromatic carbocycles. The first kappa shape index (κ1) is 19.6. The van der Waals surface area contributed by atoms with Gasteiger partial charge in [-0.3, -0.25) is 9.36 Å². The maximum absolute atomic E-state index is 12.6. The highest BCUT2D eigenvalue weighted by atomic mass is 32.1. The summed E-state index contributed by atoms with van der Waals surface area (Å²) in [7, 11) is 0. The molecule has 6 nitrogen and oxygen atoms in total. The van der Waals surface area contributed by atoms with Crippen molar-refractivity contribution >= 4 is 28.1 Å². The third-order valence-electron chi connectivity index (χ3n) is 5.63. The molecule has 1 aliphatic rings. The molecule has 3 aromatic rings. The highest BCUT2D eigenvalue weighted by molar-refractivity contribution is 7.17. The maximum Gasteiger partial charge on any atom is 0.227 e. The van der Waals surface area contributed by atoms with E-state index in [2.05, 4.69) is 70.0 Å². The fourth-order valence-corrected chi connectivity index (χ4v) is 4.81. The molecule has 1 fully saturated rings. The van der Waals surface area contributed by atoms with Crippen molar-refractivity contribution in [1.29, 1.82) is 0 Å². The third-order valence-corrected chi connectivity index (χ3v) is 6.60. The van der Waals surface area contributed by atoms with Crippen LogP contribution in [0.3, 0.4) is 0 Å². The summed E-state index contributed by atoms with van der Waals surface area (Å²) in [4.78, 5) is 14.9. The zero-order valence-corrected chi connectivity index (χ0v) is 18.0. The summed E-state index contributed by atoms with van der Waals surface area (Å²) in [6, 6.07) is 12.3. The molecule has 1 aliphatic heterocycles. The zero-order chi connectivity index (χ0) is 20.4. The van der Waals surface area contributed by atoms with Crippen LogP contribution in [-0.2, 0) is 11.2 Å². The minimum atomic E-state index is 0.0402. The van der Waals surface area contributed by atoms with Gasteiger partial charge in [0, 0.05) is 36.1 Å². The van der Waals surface area contributed by atoms with Gasteiger partial charge in [-0.2, -0.15) is 0 Å². The number of nitrogens with zero attached hydrogens (tertiary/aromatic N) is 4. The molecule has 1 N–H and O–H groups in total. The summed E-state index contributed by atoms with van der Waals surface area (Å²) in [5.41, 5.74) is 4.47. The Kier molecular flexibility index (Phi) is 5.67. The molecule has 0 spiro atoms. The van der Waals surface area contributed by atoms with Gasteiger partial charge >= 0.3 is 0 Å². The molecule has 2 aromatic heterocycles. The lowest BCUT2D eigenvalue weighted by Crippen LogP contribution is -2.38. The number of aryl methyl sites for hydroxylation is 3. The average molecular weight is 410 g/mol. The van der Waals surface area contributed by atoms with Crippen LogP contribution in [-0.4, -0.2) is 33.8 Å². The van der Waals surface area contributed by atoms with Gasteiger partial charge in [-0.25, -0.2) is 0 Å². The fourth-order valence-electron chi connectivity index (χ4n) is 3.80. The van der Waals surface area contributed by atoms with E-state index in [0.717, 1.165) is 59.7 Å². The number of rotatable bonds is 5. The molecule has 0 aliphatic carbocycles. The second kappa shape index (κ2) is 8.37. The smallest absolute Gasteiger partial charge is 0.227 e. The summed E-state index contributed by atoms with van der Waals surface area (Å²) in [5, 5.41) is 13.7. The summed E-state index contributed by atoms with van der Waals surface area (Å²) in [5.74, 6) is 0.156. The van der Waals surface area contributed by atoms with Crippen LogP contribution in [0.5, 0.6) is 0 Å². The van der Waals surface area contributed by atoms with Gasteiger partial charge in [-0.1, -0.05) is 30.4 Å².